The maximum atomic E-state index is 12.8. The molecule has 4 rings (SSSR count). The number of carbonyl (C=O) groups excluding carboxylic acids is 1. The number of nitrogens with zero attached hydrogens (tertiary/aromatic N) is 2. The molecule has 2 atom stereocenters. The standard InChI is InChI=1S/C22H34N4O.2ClH/c1-2-25-10-12-26(13-11-25)20-8-6-16(7-9-20)22(27)24-21-17-4-3-5-18(21)15-19(23)14-17;;/h6-9,17-19,21H,2-5,10-15,23H2,1H3,(H,24,27);2*1H. The van der Waals surface area contributed by atoms with Crippen molar-refractivity contribution < 1.29 is 4.79 Å². The van der Waals surface area contributed by atoms with Gasteiger partial charge in [0.1, 0.15) is 0 Å². The fraction of sp³-hybridized carbons (Fsp3) is 0.682. The van der Waals surface area contributed by atoms with E-state index >= 15 is 0 Å². The number of rotatable bonds is 4. The first kappa shape index (κ1) is 24.3. The molecule has 5 nitrogen and oxygen atoms in total. The summed E-state index contributed by atoms with van der Waals surface area (Å²) in [5, 5.41) is 3.36. The number of hydrogen-bond acceptors (Lipinski definition) is 4. The van der Waals surface area contributed by atoms with E-state index in [-0.39, 0.29) is 30.7 Å². The van der Waals surface area contributed by atoms with Gasteiger partial charge in [0.05, 0.1) is 0 Å². The number of piperazine rings is 1. The summed E-state index contributed by atoms with van der Waals surface area (Å²) in [5.41, 5.74) is 8.22. The van der Waals surface area contributed by atoms with Crippen LogP contribution >= 0.6 is 24.8 Å². The lowest BCUT2D eigenvalue weighted by atomic mass is 9.67. The number of benzene rings is 1. The molecule has 1 aromatic carbocycles. The molecule has 1 aromatic rings. The predicted molar refractivity (Wildman–Crippen MR) is 125 cm³/mol. The summed E-state index contributed by atoms with van der Waals surface area (Å²) in [6.45, 7) is 7.70. The quantitative estimate of drug-likeness (QED) is 0.750. The Morgan fingerprint density at radius 2 is 1.62 bits per heavy atom. The lowest BCUT2D eigenvalue weighted by Gasteiger charge is -2.45. The number of halogens is 2. The van der Waals surface area contributed by atoms with Crippen molar-refractivity contribution in [3.63, 3.8) is 0 Å². The van der Waals surface area contributed by atoms with E-state index in [1.165, 1.54) is 24.9 Å². The maximum Gasteiger partial charge on any atom is 0.251 e. The highest BCUT2D eigenvalue weighted by Gasteiger charge is 2.39. The van der Waals surface area contributed by atoms with Crippen LogP contribution in [0.2, 0.25) is 0 Å². The molecule has 3 N–H and O–H groups in total. The van der Waals surface area contributed by atoms with E-state index in [9.17, 15) is 4.79 Å². The van der Waals surface area contributed by atoms with Gasteiger partial charge in [0, 0.05) is 49.5 Å². The van der Waals surface area contributed by atoms with Gasteiger partial charge in [-0.05, 0) is 68.3 Å². The summed E-state index contributed by atoms with van der Waals surface area (Å²) >= 11 is 0. The second kappa shape index (κ2) is 10.9. The molecule has 164 valence electrons. The molecule has 3 fully saturated rings. The van der Waals surface area contributed by atoms with E-state index < -0.39 is 0 Å². The van der Waals surface area contributed by atoms with Crippen molar-refractivity contribution in [3.8, 4) is 0 Å². The Morgan fingerprint density at radius 1 is 1.03 bits per heavy atom. The predicted octanol–water partition coefficient (Wildman–Crippen LogP) is 3.31. The Balaban J connectivity index is 0.00000150. The highest BCUT2D eigenvalue weighted by atomic mass is 35.5. The van der Waals surface area contributed by atoms with E-state index in [0.29, 0.717) is 23.9 Å². The molecule has 1 heterocycles. The monoisotopic (exact) mass is 442 g/mol. The first-order valence-electron chi connectivity index (χ1n) is 10.8. The number of anilines is 1. The van der Waals surface area contributed by atoms with Gasteiger partial charge in [0.25, 0.3) is 5.91 Å². The van der Waals surface area contributed by atoms with Crippen LogP contribution in [0.15, 0.2) is 24.3 Å². The second-order valence-electron chi connectivity index (χ2n) is 8.65. The van der Waals surface area contributed by atoms with Crippen LogP contribution in [0.5, 0.6) is 0 Å². The molecule has 0 spiro atoms. The van der Waals surface area contributed by atoms with Crippen molar-refractivity contribution >= 4 is 36.4 Å². The Hall–Kier alpha value is -1.01. The molecule has 3 aliphatic rings. The molecule has 2 unspecified atom stereocenters. The van der Waals surface area contributed by atoms with Crippen molar-refractivity contribution in [1.29, 1.82) is 0 Å². The molecule has 1 aliphatic heterocycles. The summed E-state index contributed by atoms with van der Waals surface area (Å²) in [5.74, 6) is 1.20. The van der Waals surface area contributed by atoms with Gasteiger partial charge in [0.2, 0.25) is 0 Å². The van der Waals surface area contributed by atoms with Gasteiger partial charge >= 0.3 is 0 Å². The largest absolute Gasteiger partial charge is 0.369 e. The normalized spacial score (nSPS) is 29.4. The minimum absolute atomic E-state index is 0. The van der Waals surface area contributed by atoms with Crippen LogP contribution < -0.4 is 16.0 Å². The zero-order chi connectivity index (χ0) is 18.8. The first-order valence-corrected chi connectivity index (χ1v) is 10.8. The Morgan fingerprint density at radius 3 is 2.17 bits per heavy atom. The van der Waals surface area contributed by atoms with Crippen LogP contribution in [0, 0.1) is 11.8 Å². The second-order valence-corrected chi connectivity index (χ2v) is 8.65. The lowest BCUT2D eigenvalue weighted by molar-refractivity contribution is 0.0756. The maximum absolute atomic E-state index is 12.8. The number of carbonyl (C=O) groups is 1. The molecular formula is C22H36Cl2N4O. The number of likely N-dealkylation sites (N-methyl/N-ethyl adjacent to an activating group) is 1. The summed E-state index contributed by atoms with van der Waals surface area (Å²) in [6.07, 6.45) is 5.82. The van der Waals surface area contributed by atoms with Crippen LogP contribution in [0.4, 0.5) is 5.69 Å². The average molecular weight is 443 g/mol. The number of amides is 1. The number of fused-ring (bicyclic) bond motifs is 2. The molecule has 7 heteroatoms. The summed E-state index contributed by atoms with van der Waals surface area (Å²) in [6, 6.07) is 8.82. The van der Waals surface area contributed by atoms with Crippen LogP contribution in [-0.2, 0) is 0 Å². The molecule has 2 aliphatic carbocycles. The number of nitrogens with one attached hydrogen (secondary N) is 1. The summed E-state index contributed by atoms with van der Waals surface area (Å²) in [4.78, 5) is 17.7. The molecular weight excluding hydrogens is 407 g/mol. The van der Waals surface area contributed by atoms with Gasteiger partial charge in [-0.15, -0.1) is 24.8 Å². The lowest BCUT2D eigenvalue weighted by Crippen LogP contribution is -2.53. The minimum atomic E-state index is 0. The molecule has 29 heavy (non-hydrogen) atoms. The van der Waals surface area contributed by atoms with E-state index in [1.54, 1.807) is 0 Å². The Labute approximate surface area is 187 Å². The fourth-order valence-electron chi connectivity index (χ4n) is 5.41. The molecule has 1 amide bonds. The third kappa shape index (κ3) is 5.57. The van der Waals surface area contributed by atoms with E-state index in [2.05, 4.69) is 34.2 Å². The SMILES string of the molecule is CCN1CCN(c2ccc(C(=O)NC3C4CCCC3CC(N)C4)cc2)CC1.Cl.Cl. The summed E-state index contributed by atoms with van der Waals surface area (Å²) in [7, 11) is 0. The Kier molecular flexibility index (Phi) is 9.08. The van der Waals surface area contributed by atoms with Crippen molar-refractivity contribution in [2.75, 3.05) is 37.6 Å². The van der Waals surface area contributed by atoms with Crippen LogP contribution in [0.1, 0.15) is 49.4 Å². The van der Waals surface area contributed by atoms with Gasteiger partial charge < -0.3 is 20.9 Å². The highest BCUT2D eigenvalue weighted by Crippen LogP contribution is 2.39. The van der Waals surface area contributed by atoms with Crippen LogP contribution in [0.25, 0.3) is 0 Å². The minimum Gasteiger partial charge on any atom is -0.369 e. The highest BCUT2D eigenvalue weighted by molar-refractivity contribution is 5.94. The topological polar surface area (TPSA) is 61.6 Å². The number of nitrogens with two attached hydrogens (primary N) is 1. The van der Waals surface area contributed by atoms with Gasteiger partial charge in [-0.3, -0.25) is 4.79 Å². The van der Waals surface area contributed by atoms with E-state index in [1.807, 2.05) is 12.1 Å². The van der Waals surface area contributed by atoms with Gasteiger partial charge in [0.15, 0.2) is 0 Å². The van der Waals surface area contributed by atoms with E-state index in [0.717, 1.165) is 51.1 Å². The smallest absolute Gasteiger partial charge is 0.251 e. The summed E-state index contributed by atoms with van der Waals surface area (Å²) < 4.78 is 0. The fourth-order valence-corrected chi connectivity index (χ4v) is 5.41. The first-order chi connectivity index (χ1) is 13.1. The molecule has 2 bridgehead atoms. The molecule has 0 aromatic heterocycles. The van der Waals surface area contributed by atoms with Crippen molar-refractivity contribution in [2.45, 2.75) is 51.1 Å². The molecule has 2 saturated carbocycles. The Bertz CT molecular complexity index is 635. The van der Waals surface area contributed by atoms with Gasteiger partial charge in [-0.2, -0.15) is 0 Å². The zero-order valence-corrected chi connectivity index (χ0v) is 19.0. The van der Waals surface area contributed by atoms with E-state index in [4.69, 9.17) is 5.73 Å². The van der Waals surface area contributed by atoms with Crippen molar-refractivity contribution in [2.24, 2.45) is 17.6 Å². The van der Waals surface area contributed by atoms with Crippen LogP contribution in [-0.4, -0.2) is 55.6 Å². The van der Waals surface area contributed by atoms with Crippen molar-refractivity contribution in [3.05, 3.63) is 29.8 Å². The third-order valence-corrected chi connectivity index (χ3v) is 6.99. The molecule has 0 radical (unpaired) electrons. The average Bonchev–Trinajstić information content (AvgIpc) is 2.69. The van der Waals surface area contributed by atoms with Crippen LogP contribution in [0.3, 0.4) is 0 Å². The van der Waals surface area contributed by atoms with Gasteiger partial charge in [-0.25, -0.2) is 0 Å². The van der Waals surface area contributed by atoms with Crippen molar-refractivity contribution in [1.82, 2.24) is 10.2 Å². The zero-order valence-electron chi connectivity index (χ0n) is 17.4. The third-order valence-electron chi connectivity index (χ3n) is 6.99. The van der Waals surface area contributed by atoms with Gasteiger partial charge in [-0.1, -0.05) is 13.3 Å². The number of hydrogen-bond donors (Lipinski definition) is 2. The molecule has 1 saturated heterocycles.